The molecule has 6 nitrogen and oxygen atoms in total. The Hall–Kier alpha value is -2.64. The molecule has 2 fully saturated rings. The van der Waals surface area contributed by atoms with Crippen molar-refractivity contribution < 1.29 is 23.6 Å². The molecule has 2 aliphatic heterocycles. The second kappa shape index (κ2) is 8.00. The molecular weight excluding hydrogens is 397 g/mol. The van der Waals surface area contributed by atoms with Crippen molar-refractivity contribution in [2.24, 2.45) is 0 Å². The number of benzene rings is 2. The molecule has 2 amide bonds. The van der Waals surface area contributed by atoms with Gasteiger partial charge in [-0.3, -0.25) is 9.59 Å². The van der Waals surface area contributed by atoms with E-state index in [1.165, 1.54) is 18.2 Å². The van der Waals surface area contributed by atoms with Crippen LogP contribution in [0.1, 0.15) is 6.42 Å². The van der Waals surface area contributed by atoms with Gasteiger partial charge in [0.1, 0.15) is 11.6 Å². The molecule has 0 radical (unpaired) electrons. The summed E-state index contributed by atoms with van der Waals surface area (Å²) in [4.78, 5) is 30.0. The van der Waals surface area contributed by atoms with Gasteiger partial charge in [-0.25, -0.2) is 9.29 Å². The third-order valence-corrected chi connectivity index (χ3v) is 5.91. The van der Waals surface area contributed by atoms with Crippen molar-refractivity contribution in [3.63, 3.8) is 0 Å². The van der Waals surface area contributed by atoms with Crippen LogP contribution in [0.15, 0.2) is 42.5 Å². The number of nitrogens with zero attached hydrogens (tertiary/aromatic N) is 2. The third kappa shape index (κ3) is 3.80. The molecule has 2 aliphatic rings. The lowest BCUT2D eigenvalue weighted by molar-refractivity contribution is -0.915. The van der Waals surface area contributed by atoms with Crippen molar-refractivity contribution in [1.29, 1.82) is 0 Å². The average molecular weight is 419 g/mol. The molecule has 2 saturated heterocycles. The number of anilines is 2. The van der Waals surface area contributed by atoms with E-state index in [-0.39, 0.29) is 23.3 Å². The molecule has 0 spiro atoms. The number of nitrogens with one attached hydrogen (secondary N) is 1. The van der Waals surface area contributed by atoms with Crippen molar-refractivity contribution in [3.05, 3.63) is 53.3 Å². The highest BCUT2D eigenvalue weighted by atomic mass is 35.5. The molecule has 2 heterocycles. The summed E-state index contributed by atoms with van der Waals surface area (Å²) in [6.45, 7) is 3.06. The minimum atomic E-state index is -0.578. The number of imide groups is 1. The van der Waals surface area contributed by atoms with Gasteiger partial charge in [0.15, 0.2) is 6.04 Å². The molecule has 2 aromatic rings. The van der Waals surface area contributed by atoms with Gasteiger partial charge in [0.25, 0.3) is 5.91 Å². The predicted molar refractivity (Wildman–Crippen MR) is 108 cm³/mol. The standard InChI is InChI=1S/C21H21ClFN3O3/c1-29-16-4-2-3-14(11-16)24-7-9-25(10-8-24)19-13-20(27)26(21(19)28)15-5-6-18(23)17(22)12-15/h2-6,11-12,19H,7-10,13H2,1H3/p+1/t19-/m1/s1. The van der Waals surface area contributed by atoms with E-state index in [9.17, 15) is 14.0 Å². The highest BCUT2D eigenvalue weighted by molar-refractivity contribution is 6.31. The molecule has 0 unspecified atom stereocenters. The van der Waals surface area contributed by atoms with Gasteiger partial charge in [-0.2, -0.15) is 0 Å². The molecule has 4 rings (SSSR count). The third-order valence-electron chi connectivity index (χ3n) is 5.62. The maximum atomic E-state index is 13.4. The van der Waals surface area contributed by atoms with E-state index in [4.69, 9.17) is 16.3 Å². The van der Waals surface area contributed by atoms with Crippen LogP contribution in [-0.4, -0.2) is 51.1 Å². The summed E-state index contributed by atoms with van der Waals surface area (Å²) in [5.74, 6) is -0.291. The maximum Gasteiger partial charge on any atom is 0.292 e. The normalized spacial score (nSPS) is 20.4. The van der Waals surface area contributed by atoms with E-state index >= 15 is 0 Å². The molecule has 29 heavy (non-hydrogen) atoms. The Bertz CT molecular complexity index is 947. The van der Waals surface area contributed by atoms with Gasteiger partial charge in [-0.1, -0.05) is 17.7 Å². The zero-order valence-corrected chi connectivity index (χ0v) is 16.8. The molecular formula is C21H22ClFN3O3+. The topological polar surface area (TPSA) is 54.3 Å². The number of rotatable bonds is 4. The first-order valence-corrected chi connectivity index (χ1v) is 9.91. The maximum absolute atomic E-state index is 13.4. The van der Waals surface area contributed by atoms with Gasteiger partial charge in [-0.15, -0.1) is 0 Å². The Morgan fingerprint density at radius 1 is 1.10 bits per heavy atom. The fourth-order valence-corrected chi connectivity index (χ4v) is 4.23. The van der Waals surface area contributed by atoms with E-state index in [0.29, 0.717) is 5.69 Å². The summed E-state index contributed by atoms with van der Waals surface area (Å²) in [5.41, 5.74) is 1.41. The van der Waals surface area contributed by atoms with Crippen molar-refractivity contribution in [3.8, 4) is 5.75 Å². The lowest BCUT2D eigenvalue weighted by Gasteiger charge is -2.35. The summed E-state index contributed by atoms with van der Waals surface area (Å²) in [7, 11) is 1.64. The fourth-order valence-electron chi connectivity index (χ4n) is 4.05. The number of ether oxygens (including phenoxy) is 1. The number of carbonyl (C=O) groups is 2. The van der Waals surface area contributed by atoms with Crippen LogP contribution < -0.4 is 19.4 Å². The van der Waals surface area contributed by atoms with Gasteiger partial charge < -0.3 is 14.5 Å². The summed E-state index contributed by atoms with van der Waals surface area (Å²) in [5, 5.41) is -0.106. The highest BCUT2D eigenvalue weighted by Gasteiger charge is 2.46. The summed E-state index contributed by atoms with van der Waals surface area (Å²) < 4.78 is 18.7. The molecule has 2 aromatic carbocycles. The van der Waals surface area contributed by atoms with E-state index < -0.39 is 11.9 Å². The second-order valence-electron chi connectivity index (χ2n) is 7.27. The largest absolute Gasteiger partial charge is 0.497 e. The van der Waals surface area contributed by atoms with Gasteiger partial charge >= 0.3 is 0 Å². The van der Waals surface area contributed by atoms with Crippen LogP contribution in [0, 0.1) is 5.82 Å². The van der Waals surface area contributed by atoms with Crippen molar-refractivity contribution in [1.82, 2.24) is 0 Å². The number of halogens is 2. The number of methoxy groups -OCH3 is 1. The van der Waals surface area contributed by atoms with Crippen LogP contribution >= 0.6 is 11.6 Å². The molecule has 1 N–H and O–H groups in total. The smallest absolute Gasteiger partial charge is 0.292 e. The first-order valence-electron chi connectivity index (χ1n) is 9.53. The monoisotopic (exact) mass is 418 g/mol. The van der Waals surface area contributed by atoms with Gasteiger partial charge in [0.05, 0.1) is 50.4 Å². The van der Waals surface area contributed by atoms with E-state index in [2.05, 4.69) is 4.90 Å². The summed E-state index contributed by atoms with van der Waals surface area (Å²) in [6, 6.07) is 11.4. The van der Waals surface area contributed by atoms with E-state index in [0.717, 1.165) is 47.4 Å². The number of carbonyl (C=O) groups excluding carboxylic acids is 2. The quantitative estimate of drug-likeness (QED) is 0.765. The van der Waals surface area contributed by atoms with Crippen LogP contribution in [0.25, 0.3) is 0 Å². The van der Waals surface area contributed by atoms with Crippen molar-refractivity contribution >= 4 is 34.8 Å². The Kier molecular flexibility index (Phi) is 5.43. The Labute approximate surface area is 173 Å². The first-order chi connectivity index (χ1) is 14.0. The van der Waals surface area contributed by atoms with Crippen LogP contribution in [-0.2, 0) is 9.59 Å². The molecule has 0 aliphatic carbocycles. The lowest BCUT2D eigenvalue weighted by atomic mass is 10.1. The van der Waals surface area contributed by atoms with Crippen molar-refractivity contribution in [2.75, 3.05) is 43.1 Å². The Morgan fingerprint density at radius 3 is 2.55 bits per heavy atom. The van der Waals surface area contributed by atoms with E-state index in [1.54, 1.807) is 7.11 Å². The first kappa shape index (κ1) is 19.7. The molecule has 8 heteroatoms. The summed E-state index contributed by atoms with van der Waals surface area (Å²) >= 11 is 5.82. The Morgan fingerprint density at radius 2 is 1.86 bits per heavy atom. The fraction of sp³-hybridized carbons (Fsp3) is 0.333. The Balaban J connectivity index is 1.44. The molecule has 1 atom stereocenters. The number of hydrogen-bond donors (Lipinski definition) is 1. The average Bonchev–Trinajstić information content (AvgIpc) is 3.04. The second-order valence-corrected chi connectivity index (χ2v) is 7.68. The molecule has 152 valence electrons. The number of hydrogen-bond acceptors (Lipinski definition) is 4. The summed E-state index contributed by atoms with van der Waals surface area (Å²) in [6.07, 6.45) is 0.155. The van der Waals surface area contributed by atoms with Crippen molar-refractivity contribution in [2.45, 2.75) is 12.5 Å². The van der Waals surface area contributed by atoms with Crippen LogP contribution in [0.2, 0.25) is 5.02 Å². The SMILES string of the molecule is COc1cccc(N2CC[NH+]([C@@H]3CC(=O)N(c4ccc(F)c(Cl)c4)C3=O)CC2)c1. The number of quaternary nitrogens is 1. The van der Waals surface area contributed by atoms with Crippen LogP contribution in [0.5, 0.6) is 5.75 Å². The lowest BCUT2D eigenvalue weighted by Crippen LogP contribution is -3.19. The van der Waals surface area contributed by atoms with E-state index in [1.807, 2.05) is 24.3 Å². The molecule has 0 bridgehead atoms. The zero-order chi connectivity index (χ0) is 20.5. The minimum Gasteiger partial charge on any atom is -0.497 e. The number of piperazine rings is 1. The van der Waals surface area contributed by atoms with Gasteiger partial charge in [0.2, 0.25) is 5.91 Å². The van der Waals surface area contributed by atoms with Gasteiger partial charge in [0, 0.05) is 11.8 Å². The molecule has 0 aromatic heterocycles. The number of amides is 2. The van der Waals surface area contributed by atoms with Crippen LogP contribution in [0.3, 0.4) is 0 Å². The zero-order valence-electron chi connectivity index (χ0n) is 16.0. The van der Waals surface area contributed by atoms with Crippen LogP contribution in [0.4, 0.5) is 15.8 Å². The minimum absolute atomic E-state index is 0.106. The van der Waals surface area contributed by atoms with Gasteiger partial charge in [-0.05, 0) is 30.3 Å². The predicted octanol–water partition coefficient (Wildman–Crippen LogP) is 1.52. The highest BCUT2D eigenvalue weighted by Crippen LogP contribution is 2.27. The molecule has 0 saturated carbocycles.